The maximum Gasteiger partial charge on any atom is 0.233 e. The van der Waals surface area contributed by atoms with Crippen LogP contribution in [0.15, 0.2) is 52.2 Å². The molecule has 6 nitrogen and oxygen atoms in total. The fourth-order valence-corrected chi connectivity index (χ4v) is 3.81. The molecule has 7 heteroatoms. The highest BCUT2D eigenvalue weighted by Crippen LogP contribution is 2.30. The van der Waals surface area contributed by atoms with Crippen LogP contribution in [0.1, 0.15) is 45.9 Å². The number of benzene rings is 1. The smallest absolute Gasteiger partial charge is 0.233 e. The number of nitrogens with zero attached hydrogens (tertiary/aromatic N) is 3. The number of hydrogen-bond donors (Lipinski definition) is 1. The first-order valence-corrected chi connectivity index (χ1v) is 10.7. The number of amides is 1. The van der Waals surface area contributed by atoms with Crippen molar-refractivity contribution in [1.29, 1.82) is 0 Å². The lowest BCUT2D eigenvalue weighted by Gasteiger charge is -2.19. The van der Waals surface area contributed by atoms with E-state index in [1.807, 2.05) is 30.5 Å². The van der Waals surface area contributed by atoms with Gasteiger partial charge in [-0.25, -0.2) is 0 Å². The van der Waals surface area contributed by atoms with E-state index in [0.29, 0.717) is 18.2 Å². The fraction of sp³-hybridized carbons (Fsp3) is 0.409. The Balaban J connectivity index is 1.94. The van der Waals surface area contributed by atoms with Crippen LogP contribution in [-0.4, -0.2) is 32.5 Å². The Morgan fingerprint density at radius 1 is 1.21 bits per heavy atom. The summed E-state index contributed by atoms with van der Waals surface area (Å²) < 4.78 is 7.55. The summed E-state index contributed by atoms with van der Waals surface area (Å²) in [7, 11) is 0. The molecule has 1 aromatic carbocycles. The van der Waals surface area contributed by atoms with Crippen LogP contribution in [0.25, 0.3) is 11.4 Å². The highest BCUT2D eigenvalue weighted by Gasteiger charge is 2.22. The Kier molecular flexibility index (Phi) is 6.47. The van der Waals surface area contributed by atoms with E-state index in [9.17, 15) is 4.79 Å². The molecule has 1 amide bonds. The number of aromatic nitrogens is 3. The van der Waals surface area contributed by atoms with Gasteiger partial charge in [-0.05, 0) is 37.0 Å². The van der Waals surface area contributed by atoms with Crippen LogP contribution in [0.5, 0.6) is 0 Å². The Morgan fingerprint density at radius 3 is 2.52 bits per heavy atom. The predicted molar refractivity (Wildman–Crippen MR) is 116 cm³/mol. The van der Waals surface area contributed by atoms with E-state index in [4.69, 9.17) is 4.42 Å². The molecule has 0 spiro atoms. The van der Waals surface area contributed by atoms with Crippen molar-refractivity contribution in [3.05, 3.63) is 54.0 Å². The van der Waals surface area contributed by atoms with Gasteiger partial charge in [-0.15, -0.1) is 10.2 Å². The van der Waals surface area contributed by atoms with Crippen LogP contribution < -0.4 is 5.32 Å². The number of thioether (sulfide) groups is 1. The topological polar surface area (TPSA) is 73.0 Å². The lowest BCUT2D eigenvalue weighted by atomic mass is 9.87. The van der Waals surface area contributed by atoms with Crippen LogP contribution >= 0.6 is 11.8 Å². The molecule has 1 atom stereocenters. The highest BCUT2D eigenvalue weighted by atomic mass is 32.2. The number of carbonyl (C=O) groups excluding carboxylic acids is 1. The van der Waals surface area contributed by atoms with Gasteiger partial charge in [0.2, 0.25) is 5.91 Å². The molecule has 0 saturated heterocycles. The van der Waals surface area contributed by atoms with Crippen molar-refractivity contribution in [2.45, 2.75) is 57.0 Å². The molecule has 0 radical (unpaired) electrons. The number of nitrogens with one attached hydrogen (secondary N) is 1. The number of rotatable bonds is 7. The molecule has 0 aliphatic rings. The van der Waals surface area contributed by atoms with E-state index in [-0.39, 0.29) is 16.6 Å². The summed E-state index contributed by atoms with van der Waals surface area (Å²) in [6.07, 6.45) is 1.65. The van der Waals surface area contributed by atoms with Crippen molar-refractivity contribution >= 4 is 17.7 Å². The first kappa shape index (κ1) is 21.2. The lowest BCUT2D eigenvalue weighted by Crippen LogP contribution is -2.30. The minimum absolute atomic E-state index is 0.0128. The van der Waals surface area contributed by atoms with E-state index < -0.39 is 0 Å². The molecule has 1 N–H and O–H groups in total. The van der Waals surface area contributed by atoms with Crippen LogP contribution in [0.3, 0.4) is 0 Å². The molecule has 2 aromatic heterocycles. The quantitative estimate of drug-likeness (QED) is 0.579. The first-order chi connectivity index (χ1) is 13.8. The molecule has 0 unspecified atom stereocenters. The second kappa shape index (κ2) is 8.86. The van der Waals surface area contributed by atoms with Crippen molar-refractivity contribution in [2.24, 2.45) is 0 Å². The van der Waals surface area contributed by atoms with Gasteiger partial charge in [0.1, 0.15) is 5.76 Å². The molecular weight excluding hydrogens is 384 g/mol. The molecule has 0 fully saturated rings. The Bertz CT molecular complexity index is 940. The predicted octanol–water partition coefficient (Wildman–Crippen LogP) is 4.50. The Morgan fingerprint density at radius 2 is 1.93 bits per heavy atom. The van der Waals surface area contributed by atoms with Gasteiger partial charge in [-0.2, -0.15) is 0 Å². The molecule has 154 valence electrons. The Labute approximate surface area is 176 Å². The third-order valence-corrected chi connectivity index (χ3v) is 5.70. The van der Waals surface area contributed by atoms with E-state index >= 15 is 0 Å². The van der Waals surface area contributed by atoms with Gasteiger partial charge in [0.25, 0.3) is 0 Å². The maximum atomic E-state index is 12.2. The van der Waals surface area contributed by atoms with Gasteiger partial charge in [0.15, 0.2) is 11.0 Å². The zero-order valence-electron chi connectivity index (χ0n) is 17.6. The number of furan rings is 1. The summed E-state index contributed by atoms with van der Waals surface area (Å²) in [5.41, 5.74) is 2.33. The van der Waals surface area contributed by atoms with E-state index in [1.54, 1.807) is 6.26 Å². The van der Waals surface area contributed by atoms with Crippen LogP contribution in [-0.2, 0) is 16.8 Å². The lowest BCUT2D eigenvalue weighted by molar-refractivity contribution is -0.120. The number of carbonyl (C=O) groups is 1. The average molecular weight is 413 g/mol. The molecule has 29 heavy (non-hydrogen) atoms. The van der Waals surface area contributed by atoms with Crippen molar-refractivity contribution in [3.63, 3.8) is 0 Å². The SMILES string of the molecule is CCNC(=O)[C@H](C)Sc1nnc(-c2ccc(C(C)(C)C)cc2)n1Cc1ccco1. The summed E-state index contributed by atoms with van der Waals surface area (Å²) >= 11 is 1.40. The summed E-state index contributed by atoms with van der Waals surface area (Å²) in [6, 6.07) is 12.2. The van der Waals surface area contributed by atoms with Crippen molar-refractivity contribution in [1.82, 2.24) is 20.1 Å². The zero-order chi connectivity index (χ0) is 21.0. The van der Waals surface area contributed by atoms with E-state index in [1.165, 1.54) is 17.3 Å². The Hall–Kier alpha value is -2.54. The molecule has 2 heterocycles. The van der Waals surface area contributed by atoms with Gasteiger partial charge < -0.3 is 9.73 Å². The van der Waals surface area contributed by atoms with Gasteiger partial charge in [0, 0.05) is 12.1 Å². The molecular formula is C22H28N4O2S. The normalized spacial score (nSPS) is 12.7. The van der Waals surface area contributed by atoms with Crippen LogP contribution in [0.4, 0.5) is 0 Å². The van der Waals surface area contributed by atoms with E-state index in [0.717, 1.165) is 17.1 Å². The van der Waals surface area contributed by atoms with Crippen LogP contribution in [0, 0.1) is 0 Å². The molecule has 0 aliphatic heterocycles. The van der Waals surface area contributed by atoms with Gasteiger partial charge in [-0.1, -0.05) is 56.8 Å². The summed E-state index contributed by atoms with van der Waals surface area (Å²) in [5, 5.41) is 12.1. The molecule has 0 bridgehead atoms. The maximum absolute atomic E-state index is 12.2. The van der Waals surface area contributed by atoms with Crippen LogP contribution in [0.2, 0.25) is 0 Å². The second-order valence-electron chi connectivity index (χ2n) is 7.95. The third kappa shape index (κ3) is 5.09. The largest absolute Gasteiger partial charge is 0.467 e. The second-order valence-corrected chi connectivity index (χ2v) is 9.26. The van der Waals surface area contributed by atoms with Crippen molar-refractivity contribution in [3.8, 4) is 11.4 Å². The standard InChI is InChI=1S/C22H28N4O2S/c1-6-23-20(27)15(2)29-21-25-24-19(26(21)14-18-8-7-13-28-18)16-9-11-17(12-10-16)22(3,4)5/h7-13,15H,6,14H2,1-5H3,(H,23,27)/t15-/m0/s1. The minimum Gasteiger partial charge on any atom is -0.467 e. The first-order valence-electron chi connectivity index (χ1n) is 9.80. The van der Waals surface area contributed by atoms with Crippen molar-refractivity contribution < 1.29 is 9.21 Å². The summed E-state index contributed by atoms with van der Waals surface area (Å²) in [6.45, 7) is 11.5. The highest BCUT2D eigenvalue weighted by molar-refractivity contribution is 8.00. The minimum atomic E-state index is -0.273. The van der Waals surface area contributed by atoms with E-state index in [2.05, 4.69) is 60.6 Å². The van der Waals surface area contributed by atoms with Crippen molar-refractivity contribution in [2.75, 3.05) is 6.54 Å². The van der Waals surface area contributed by atoms with Gasteiger partial charge in [0.05, 0.1) is 18.1 Å². The molecule has 0 saturated carbocycles. The van der Waals surface area contributed by atoms with Gasteiger partial charge in [-0.3, -0.25) is 9.36 Å². The summed E-state index contributed by atoms with van der Waals surface area (Å²) in [4.78, 5) is 12.2. The van der Waals surface area contributed by atoms with Gasteiger partial charge >= 0.3 is 0 Å². The zero-order valence-corrected chi connectivity index (χ0v) is 18.4. The average Bonchev–Trinajstić information content (AvgIpc) is 3.32. The monoisotopic (exact) mass is 412 g/mol. The molecule has 3 aromatic rings. The number of hydrogen-bond acceptors (Lipinski definition) is 5. The molecule has 3 rings (SSSR count). The summed E-state index contributed by atoms with van der Waals surface area (Å²) in [5.74, 6) is 1.55. The molecule has 0 aliphatic carbocycles. The third-order valence-electron chi connectivity index (χ3n) is 4.62. The fourth-order valence-electron chi connectivity index (χ4n) is 2.94.